The molecule has 15 heavy (non-hydrogen) atoms. The van der Waals surface area contributed by atoms with Crippen molar-refractivity contribution >= 4 is 0 Å². The van der Waals surface area contributed by atoms with Gasteiger partial charge in [0.1, 0.15) is 5.54 Å². The van der Waals surface area contributed by atoms with Crippen molar-refractivity contribution in [2.24, 2.45) is 0 Å². The summed E-state index contributed by atoms with van der Waals surface area (Å²) in [6, 6.07) is 2.53. The number of nitrogens with one attached hydrogen (secondary N) is 1. The van der Waals surface area contributed by atoms with Crippen molar-refractivity contribution in [1.29, 1.82) is 5.26 Å². The molecule has 2 fully saturated rings. The zero-order valence-electron chi connectivity index (χ0n) is 9.17. The molecule has 0 spiro atoms. The molecule has 2 heterocycles. The van der Waals surface area contributed by atoms with Crippen LogP contribution in [0.3, 0.4) is 0 Å². The minimum Gasteiger partial charge on any atom is -0.381 e. The highest BCUT2D eigenvalue weighted by Crippen LogP contribution is 2.27. The van der Waals surface area contributed by atoms with Crippen molar-refractivity contribution in [3.8, 4) is 6.07 Å². The van der Waals surface area contributed by atoms with E-state index in [1.807, 2.05) is 0 Å². The smallest absolute Gasteiger partial charge is 0.113 e. The highest BCUT2D eigenvalue weighted by Gasteiger charge is 2.38. The van der Waals surface area contributed by atoms with E-state index in [0.717, 1.165) is 58.7 Å². The van der Waals surface area contributed by atoms with Crippen LogP contribution in [0.5, 0.6) is 0 Å². The Balaban J connectivity index is 2.06. The zero-order valence-corrected chi connectivity index (χ0v) is 9.17. The van der Waals surface area contributed by atoms with E-state index >= 15 is 0 Å². The molecule has 0 aromatic heterocycles. The van der Waals surface area contributed by atoms with Crippen LogP contribution in [0.2, 0.25) is 0 Å². The van der Waals surface area contributed by atoms with Crippen LogP contribution in [-0.2, 0) is 4.74 Å². The van der Waals surface area contributed by atoms with Gasteiger partial charge in [-0.05, 0) is 13.0 Å². The molecule has 2 aliphatic heterocycles. The predicted octanol–water partition coefficient (Wildman–Crippen LogP) is 0.354. The second-order valence-corrected chi connectivity index (χ2v) is 4.35. The number of nitrogens with zero attached hydrogens (tertiary/aromatic N) is 2. The maximum absolute atomic E-state index is 9.42. The molecule has 4 nitrogen and oxygen atoms in total. The van der Waals surface area contributed by atoms with Gasteiger partial charge in [0.25, 0.3) is 0 Å². The van der Waals surface area contributed by atoms with Crippen molar-refractivity contribution in [3.63, 3.8) is 0 Å². The Labute approximate surface area is 91.2 Å². The van der Waals surface area contributed by atoms with Crippen LogP contribution in [-0.4, -0.2) is 49.8 Å². The summed E-state index contributed by atoms with van der Waals surface area (Å²) < 4.78 is 5.36. The van der Waals surface area contributed by atoms with Crippen LogP contribution in [0, 0.1) is 11.3 Å². The molecule has 0 aromatic carbocycles. The molecular formula is C11H19N3O. The van der Waals surface area contributed by atoms with Gasteiger partial charge in [0, 0.05) is 45.7 Å². The third-order valence-corrected chi connectivity index (χ3v) is 3.47. The van der Waals surface area contributed by atoms with E-state index in [1.165, 1.54) is 0 Å². The quantitative estimate of drug-likeness (QED) is 0.677. The molecule has 0 bridgehead atoms. The predicted molar refractivity (Wildman–Crippen MR) is 57.5 cm³/mol. The van der Waals surface area contributed by atoms with Crippen molar-refractivity contribution in [3.05, 3.63) is 0 Å². The number of hydrogen-bond acceptors (Lipinski definition) is 4. The summed E-state index contributed by atoms with van der Waals surface area (Å²) in [5.74, 6) is 0. The second kappa shape index (κ2) is 4.93. The first-order valence-corrected chi connectivity index (χ1v) is 5.82. The summed E-state index contributed by atoms with van der Waals surface area (Å²) in [7, 11) is 0. The number of ether oxygens (including phenoxy) is 1. The Morgan fingerprint density at radius 1 is 1.20 bits per heavy atom. The standard InChI is InChI=1S/C11H19N3O/c12-10-11(2-8-15-9-3-11)14-6-1-4-13-5-7-14/h13H,1-9H2. The topological polar surface area (TPSA) is 48.3 Å². The van der Waals surface area contributed by atoms with E-state index in [-0.39, 0.29) is 5.54 Å². The molecule has 1 N–H and O–H groups in total. The summed E-state index contributed by atoms with van der Waals surface area (Å²) in [6.45, 7) is 5.59. The lowest BCUT2D eigenvalue weighted by molar-refractivity contribution is 0.00313. The highest BCUT2D eigenvalue weighted by atomic mass is 16.5. The van der Waals surface area contributed by atoms with Gasteiger partial charge in [-0.3, -0.25) is 4.90 Å². The van der Waals surface area contributed by atoms with Crippen LogP contribution >= 0.6 is 0 Å². The fraction of sp³-hybridized carbons (Fsp3) is 0.909. The van der Waals surface area contributed by atoms with Crippen LogP contribution in [0.1, 0.15) is 19.3 Å². The van der Waals surface area contributed by atoms with Crippen molar-refractivity contribution < 1.29 is 4.74 Å². The minimum absolute atomic E-state index is 0.246. The Bertz CT molecular complexity index is 235. The monoisotopic (exact) mass is 209 g/mol. The number of rotatable bonds is 1. The summed E-state index contributed by atoms with van der Waals surface area (Å²) in [5.41, 5.74) is -0.246. The second-order valence-electron chi connectivity index (χ2n) is 4.35. The van der Waals surface area contributed by atoms with Gasteiger partial charge in [-0.25, -0.2) is 0 Å². The molecule has 0 aliphatic carbocycles. The third-order valence-electron chi connectivity index (χ3n) is 3.47. The SMILES string of the molecule is N#CC1(N2CCCNCC2)CCOCC1. The Kier molecular flexibility index (Phi) is 3.57. The molecule has 0 aromatic rings. The summed E-state index contributed by atoms with van der Waals surface area (Å²) in [5, 5.41) is 12.8. The van der Waals surface area contributed by atoms with E-state index in [9.17, 15) is 5.26 Å². The molecule has 0 amide bonds. The Morgan fingerprint density at radius 3 is 2.73 bits per heavy atom. The lowest BCUT2D eigenvalue weighted by Crippen LogP contribution is -2.52. The van der Waals surface area contributed by atoms with Gasteiger partial charge >= 0.3 is 0 Å². The van der Waals surface area contributed by atoms with Crippen LogP contribution in [0.4, 0.5) is 0 Å². The van der Waals surface area contributed by atoms with Gasteiger partial charge < -0.3 is 10.1 Å². The molecule has 4 heteroatoms. The van der Waals surface area contributed by atoms with Crippen LogP contribution < -0.4 is 5.32 Å². The molecule has 84 valence electrons. The van der Waals surface area contributed by atoms with Gasteiger partial charge in [-0.1, -0.05) is 0 Å². The molecule has 0 radical (unpaired) electrons. The van der Waals surface area contributed by atoms with Crippen LogP contribution in [0.15, 0.2) is 0 Å². The van der Waals surface area contributed by atoms with E-state index in [0.29, 0.717) is 0 Å². The van der Waals surface area contributed by atoms with Gasteiger partial charge in [0.15, 0.2) is 0 Å². The maximum atomic E-state index is 9.42. The van der Waals surface area contributed by atoms with Gasteiger partial charge in [0.05, 0.1) is 6.07 Å². The molecule has 2 rings (SSSR count). The molecule has 0 atom stereocenters. The fourth-order valence-corrected chi connectivity index (χ4v) is 2.48. The van der Waals surface area contributed by atoms with Crippen molar-refractivity contribution in [2.75, 3.05) is 39.4 Å². The Hall–Kier alpha value is -0.630. The summed E-state index contributed by atoms with van der Waals surface area (Å²) >= 11 is 0. The van der Waals surface area contributed by atoms with Gasteiger partial charge in [0.2, 0.25) is 0 Å². The summed E-state index contributed by atoms with van der Waals surface area (Å²) in [6.07, 6.45) is 2.87. The lowest BCUT2D eigenvalue weighted by atomic mass is 9.89. The first kappa shape index (κ1) is 10.9. The molecule has 2 saturated heterocycles. The largest absolute Gasteiger partial charge is 0.381 e. The maximum Gasteiger partial charge on any atom is 0.113 e. The lowest BCUT2D eigenvalue weighted by Gasteiger charge is -2.40. The first-order chi connectivity index (χ1) is 7.37. The average Bonchev–Trinajstić information content (AvgIpc) is 2.59. The number of hydrogen-bond donors (Lipinski definition) is 1. The fourth-order valence-electron chi connectivity index (χ4n) is 2.48. The zero-order chi connectivity index (χ0) is 10.6. The normalized spacial score (nSPS) is 27.9. The first-order valence-electron chi connectivity index (χ1n) is 5.82. The minimum atomic E-state index is -0.246. The van der Waals surface area contributed by atoms with Crippen molar-refractivity contribution in [2.45, 2.75) is 24.8 Å². The third kappa shape index (κ3) is 2.31. The summed E-state index contributed by atoms with van der Waals surface area (Å²) in [4.78, 5) is 2.36. The molecule has 0 saturated carbocycles. The molecular weight excluding hydrogens is 190 g/mol. The molecule has 0 unspecified atom stereocenters. The molecule has 2 aliphatic rings. The van der Waals surface area contributed by atoms with E-state index in [2.05, 4.69) is 16.3 Å². The average molecular weight is 209 g/mol. The van der Waals surface area contributed by atoms with Crippen molar-refractivity contribution in [1.82, 2.24) is 10.2 Å². The Morgan fingerprint density at radius 2 is 2.00 bits per heavy atom. The van der Waals surface area contributed by atoms with Crippen LogP contribution in [0.25, 0.3) is 0 Å². The highest BCUT2D eigenvalue weighted by molar-refractivity contribution is 5.09. The van der Waals surface area contributed by atoms with Gasteiger partial charge in [-0.15, -0.1) is 0 Å². The van der Waals surface area contributed by atoms with Gasteiger partial charge in [-0.2, -0.15) is 5.26 Å². The van der Waals surface area contributed by atoms with E-state index < -0.39 is 0 Å². The number of nitriles is 1. The van der Waals surface area contributed by atoms with E-state index in [1.54, 1.807) is 0 Å². The van der Waals surface area contributed by atoms with E-state index in [4.69, 9.17) is 4.74 Å².